The van der Waals surface area contributed by atoms with Crippen LogP contribution >= 0.6 is 0 Å². The first-order chi connectivity index (χ1) is 10.1. The Labute approximate surface area is 122 Å². The molecule has 110 valence electrons. The van der Waals surface area contributed by atoms with E-state index in [-0.39, 0.29) is 17.4 Å². The smallest absolute Gasteiger partial charge is 0.346 e. The number of nitrogen functional groups attached to an aromatic ring is 1. The Balaban J connectivity index is 1.92. The predicted octanol–water partition coefficient (Wildman–Crippen LogP) is 1.49. The molecule has 1 aromatic carbocycles. The molecule has 0 spiro atoms. The van der Waals surface area contributed by atoms with Crippen molar-refractivity contribution >= 4 is 17.4 Å². The van der Waals surface area contributed by atoms with Crippen LogP contribution in [0, 0.1) is 0 Å². The molecular weight excluding hydrogens is 268 g/mol. The molecule has 0 bridgehead atoms. The quantitative estimate of drug-likeness (QED) is 0.775. The molecule has 2 rings (SSSR count). The lowest BCUT2D eigenvalue weighted by Gasteiger charge is -2.07. The van der Waals surface area contributed by atoms with Crippen LogP contribution in [-0.2, 0) is 17.6 Å². The zero-order valence-electron chi connectivity index (χ0n) is 11.8. The summed E-state index contributed by atoms with van der Waals surface area (Å²) in [6.45, 7) is 2.10. The number of nitrogens with two attached hydrogens (primary N) is 1. The van der Waals surface area contributed by atoms with Gasteiger partial charge in [0, 0.05) is 6.42 Å². The second-order valence-corrected chi connectivity index (χ2v) is 4.74. The molecule has 0 saturated carbocycles. The molecule has 6 nitrogen and oxygen atoms in total. The highest BCUT2D eigenvalue weighted by molar-refractivity contribution is 5.92. The van der Waals surface area contributed by atoms with Crippen molar-refractivity contribution in [2.45, 2.75) is 26.2 Å². The van der Waals surface area contributed by atoms with E-state index in [1.807, 2.05) is 12.1 Å². The molecule has 1 aromatic heterocycles. The summed E-state index contributed by atoms with van der Waals surface area (Å²) in [5.74, 6) is -0.00977. The lowest BCUT2D eigenvalue weighted by Crippen LogP contribution is -2.19. The summed E-state index contributed by atoms with van der Waals surface area (Å²) < 4.78 is 0. The molecule has 21 heavy (non-hydrogen) atoms. The number of aromatic amines is 1. The largest absolute Gasteiger partial charge is 0.395 e. The standard InChI is InChI=1S/C15H18N4O2/c1-2-10-3-5-11(6-4-10)7-8-13(20)18-14-12(16)9-17-15(21)19-14/h3-6,9H,2,7-8,16H2,1H3,(H2,17,18,19,20,21). The summed E-state index contributed by atoms with van der Waals surface area (Å²) >= 11 is 0. The fourth-order valence-corrected chi connectivity index (χ4v) is 1.91. The topological polar surface area (TPSA) is 101 Å². The maximum absolute atomic E-state index is 11.9. The van der Waals surface area contributed by atoms with E-state index in [1.54, 1.807) is 0 Å². The van der Waals surface area contributed by atoms with Crippen molar-refractivity contribution in [2.75, 3.05) is 11.1 Å². The minimum absolute atomic E-state index is 0.196. The second kappa shape index (κ2) is 6.69. The van der Waals surface area contributed by atoms with Crippen molar-refractivity contribution in [1.29, 1.82) is 0 Å². The first kappa shape index (κ1) is 14.8. The SMILES string of the molecule is CCc1ccc(CCC(=O)Nc2[nH]c(=O)ncc2N)cc1. The lowest BCUT2D eigenvalue weighted by molar-refractivity contribution is -0.116. The van der Waals surface area contributed by atoms with Crippen molar-refractivity contribution in [1.82, 2.24) is 9.97 Å². The number of hydrogen-bond acceptors (Lipinski definition) is 4. The molecule has 0 unspecified atom stereocenters. The Kier molecular flexibility index (Phi) is 4.71. The number of carbonyl (C=O) groups is 1. The number of hydrogen-bond donors (Lipinski definition) is 3. The molecule has 2 aromatic rings. The monoisotopic (exact) mass is 286 g/mol. The van der Waals surface area contributed by atoms with E-state index in [0.717, 1.165) is 12.0 Å². The van der Waals surface area contributed by atoms with Gasteiger partial charge in [-0.3, -0.25) is 9.78 Å². The number of rotatable bonds is 5. The number of anilines is 2. The van der Waals surface area contributed by atoms with Crippen LogP contribution in [0.2, 0.25) is 0 Å². The van der Waals surface area contributed by atoms with E-state index in [0.29, 0.717) is 12.8 Å². The first-order valence-corrected chi connectivity index (χ1v) is 6.81. The van der Waals surface area contributed by atoms with Crippen molar-refractivity contribution in [3.8, 4) is 0 Å². The van der Waals surface area contributed by atoms with Crippen molar-refractivity contribution < 1.29 is 4.79 Å². The maximum atomic E-state index is 11.9. The Morgan fingerprint density at radius 1 is 1.29 bits per heavy atom. The summed E-state index contributed by atoms with van der Waals surface area (Å²) in [5, 5.41) is 2.58. The third-order valence-corrected chi connectivity index (χ3v) is 3.18. The summed E-state index contributed by atoms with van der Waals surface area (Å²) in [5.41, 5.74) is 7.68. The van der Waals surface area contributed by atoms with Gasteiger partial charge in [-0.05, 0) is 24.0 Å². The first-order valence-electron chi connectivity index (χ1n) is 6.81. The Morgan fingerprint density at radius 3 is 2.62 bits per heavy atom. The number of nitrogens with zero attached hydrogens (tertiary/aromatic N) is 1. The molecule has 0 aliphatic heterocycles. The molecular formula is C15H18N4O2. The third kappa shape index (κ3) is 4.17. The molecule has 1 amide bonds. The van der Waals surface area contributed by atoms with Crippen LogP contribution in [0.5, 0.6) is 0 Å². The van der Waals surface area contributed by atoms with Crippen molar-refractivity contribution in [3.63, 3.8) is 0 Å². The third-order valence-electron chi connectivity index (χ3n) is 3.18. The fourth-order valence-electron chi connectivity index (χ4n) is 1.91. The molecule has 1 heterocycles. The number of aryl methyl sites for hydroxylation is 2. The van der Waals surface area contributed by atoms with Crippen LogP contribution in [0.25, 0.3) is 0 Å². The van der Waals surface area contributed by atoms with E-state index in [4.69, 9.17) is 5.73 Å². The normalized spacial score (nSPS) is 10.3. The van der Waals surface area contributed by atoms with Gasteiger partial charge in [0.1, 0.15) is 5.82 Å². The molecule has 4 N–H and O–H groups in total. The summed E-state index contributed by atoms with van der Waals surface area (Å²) in [4.78, 5) is 28.8. The average Bonchev–Trinajstić information content (AvgIpc) is 2.49. The van der Waals surface area contributed by atoms with Gasteiger partial charge in [-0.2, -0.15) is 4.98 Å². The van der Waals surface area contributed by atoms with Gasteiger partial charge in [0.15, 0.2) is 0 Å². The number of nitrogens with one attached hydrogen (secondary N) is 2. The van der Waals surface area contributed by atoms with E-state index in [1.165, 1.54) is 11.8 Å². The van der Waals surface area contributed by atoms with Crippen LogP contribution in [0.15, 0.2) is 35.3 Å². The van der Waals surface area contributed by atoms with Crippen molar-refractivity contribution in [3.05, 3.63) is 52.1 Å². The highest BCUT2D eigenvalue weighted by atomic mass is 16.2. The van der Waals surface area contributed by atoms with Gasteiger partial charge in [-0.1, -0.05) is 31.2 Å². The zero-order chi connectivity index (χ0) is 15.2. The zero-order valence-corrected chi connectivity index (χ0v) is 11.8. The second-order valence-electron chi connectivity index (χ2n) is 4.74. The van der Waals surface area contributed by atoms with Gasteiger partial charge in [0.25, 0.3) is 0 Å². The van der Waals surface area contributed by atoms with Crippen LogP contribution in [0.3, 0.4) is 0 Å². The molecule has 0 aliphatic carbocycles. The molecule has 0 fully saturated rings. The van der Waals surface area contributed by atoms with E-state index < -0.39 is 5.69 Å². The van der Waals surface area contributed by atoms with Gasteiger partial charge in [0.2, 0.25) is 5.91 Å². The summed E-state index contributed by atoms with van der Waals surface area (Å²) in [6, 6.07) is 8.17. The van der Waals surface area contributed by atoms with Crippen LogP contribution in [-0.4, -0.2) is 15.9 Å². The van der Waals surface area contributed by atoms with Gasteiger partial charge in [-0.15, -0.1) is 0 Å². The number of H-pyrrole nitrogens is 1. The minimum Gasteiger partial charge on any atom is -0.395 e. The van der Waals surface area contributed by atoms with E-state index in [9.17, 15) is 9.59 Å². The maximum Gasteiger partial charge on any atom is 0.346 e. The van der Waals surface area contributed by atoms with Crippen molar-refractivity contribution in [2.24, 2.45) is 0 Å². The van der Waals surface area contributed by atoms with E-state index in [2.05, 4.69) is 34.3 Å². The minimum atomic E-state index is -0.547. The molecule has 0 aliphatic rings. The average molecular weight is 286 g/mol. The van der Waals surface area contributed by atoms with Crippen LogP contribution < -0.4 is 16.7 Å². The molecule has 0 atom stereocenters. The van der Waals surface area contributed by atoms with Crippen LogP contribution in [0.4, 0.5) is 11.5 Å². The summed E-state index contributed by atoms with van der Waals surface area (Å²) in [7, 11) is 0. The number of amides is 1. The Hall–Kier alpha value is -2.63. The van der Waals surface area contributed by atoms with Gasteiger partial charge < -0.3 is 11.1 Å². The number of carbonyl (C=O) groups excluding carboxylic acids is 1. The molecule has 0 saturated heterocycles. The Bertz CT molecular complexity index is 677. The van der Waals surface area contributed by atoms with Gasteiger partial charge in [0.05, 0.1) is 11.9 Å². The summed E-state index contributed by atoms with van der Waals surface area (Å²) in [6.07, 6.45) is 3.16. The highest BCUT2D eigenvalue weighted by Gasteiger charge is 2.07. The van der Waals surface area contributed by atoms with Gasteiger partial charge >= 0.3 is 5.69 Å². The predicted molar refractivity (Wildman–Crippen MR) is 82.0 cm³/mol. The Morgan fingerprint density at radius 2 is 1.95 bits per heavy atom. The molecule has 6 heteroatoms. The highest BCUT2D eigenvalue weighted by Crippen LogP contribution is 2.12. The van der Waals surface area contributed by atoms with Crippen LogP contribution in [0.1, 0.15) is 24.5 Å². The molecule has 0 radical (unpaired) electrons. The fraction of sp³-hybridized carbons (Fsp3) is 0.267. The van der Waals surface area contributed by atoms with Gasteiger partial charge in [-0.25, -0.2) is 4.79 Å². The lowest BCUT2D eigenvalue weighted by atomic mass is 10.1. The number of aromatic nitrogens is 2. The number of benzene rings is 1. The van der Waals surface area contributed by atoms with E-state index >= 15 is 0 Å².